The number of benzene rings is 8. The highest BCUT2D eigenvalue weighted by molar-refractivity contribution is 6.10. The Labute approximate surface area is 271 Å². The summed E-state index contributed by atoms with van der Waals surface area (Å²) in [5, 5.41) is 7.22. The van der Waals surface area contributed by atoms with Crippen LogP contribution in [0.15, 0.2) is 179 Å². The largest absolute Gasteiger partial charge is 0.422 e. The molecule has 1 aromatic heterocycles. The molecule has 9 aromatic rings. The van der Waals surface area contributed by atoms with E-state index in [2.05, 4.69) is 146 Å². The predicted molar refractivity (Wildman–Crippen MR) is 197 cm³/mol. The minimum Gasteiger partial charge on any atom is -0.422 e. The molecular weight excluding hydrogens is 572 g/mol. The molecule has 0 N–H and O–H groups in total. The monoisotopic (exact) mass is 600 g/mol. The van der Waals surface area contributed by atoms with E-state index in [0.717, 1.165) is 55.3 Å². The minimum atomic E-state index is -0.333. The van der Waals surface area contributed by atoms with Gasteiger partial charge in [0.15, 0.2) is 0 Å². The maximum atomic E-state index is 13.5. The van der Waals surface area contributed by atoms with Crippen molar-refractivity contribution in [1.82, 2.24) is 0 Å². The summed E-state index contributed by atoms with van der Waals surface area (Å²) in [6.45, 7) is 0. The van der Waals surface area contributed by atoms with Gasteiger partial charge < -0.3 is 4.42 Å². The standard InChI is InChI=1S/C45H28O2/c46-45-43-27-34(33-18-17-32-16-15-31-13-7-8-14-39(31)42(32)26-33)19-21-40(43)41-22-20-35(28-44(41)47-45)38-24-36(29-9-3-1-4-10-29)23-37(25-38)30-11-5-2-6-12-30/h1-28H. The highest BCUT2D eigenvalue weighted by Crippen LogP contribution is 2.36. The van der Waals surface area contributed by atoms with Crippen molar-refractivity contribution in [3.63, 3.8) is 0 Å². The molecule has 0 atom stereocenters. The van der Waals surface area contributed by atoms with Crippen molar-refractivity contribution in [3.8, 4) is 44.5 Å². The summed E-state index contributed by atoms with van der Waals surface area (Å²) in [5.41, 5.74) is 8.94. The van der Waals surface area contributed by atoms with E-state index in [4.69, 9.17) is 4.42 Å². The van der Waals surface area contributed by atoms with Crippen LogP contribution in [-0.4, -0.2) is 0 Å². The summed E-state index contributed by atoms with van der Waals surface area (Å²) >= 11 is 0. The second-order valence-electron chi connectivity index (χ2n) is 12.1. The first-order chi connectivity index (χ1) is 23.2. The molecule has 0 aliphatic heterocycles. The zero-order valence-electron chi connectivity index (χ0n) is 25.5. The molecule has 0 aliphatic carbocycles. The summed E-state index contributed by atoms with van der Waals surface area (Å²) in [6.07, 6.45) is 0. The molecule has 220 valence electrons. The van der Waals surface area contributed by atoms with Crippen LogP contribution < -0.4 is 5.63 Å². The zero-order valence-corrected chi connectivity index (χ0v) is 25.5. The van der Waals surface area contributed by atoms with Crippen molar-refractivity contribution < 1.29 is 4.42 Å². The van der Waals surface area contributed by atoms with E-state index >= 15 is 0 Å². The van der Waals surface area contributed by atoms with Crippen LogP contribution >= 0.6 is 0 Å². The molecule has 0 fully saturated rings. The average molecular weight is 601 g/mol. The Kier molecular flexibility index (Phi) is 6.33. The van der Waals surface area contributed by atoms with Gasteiger partial charge in [-0.05, 0) is 114 Å². The molecule has 9 rings (SSSR count). The van der Waals surface area contributed by atoms with Gasteiger partial charge in [0.1, 0.15) is 5.58 Å². The van der Waals surface area contributed by atoms with E-state index in [1.807, 2.05) is 24.3 Å². The average Bonchev–Trinajstić information content (AvgIpc) is 3.15. The summed E-state index contributed by atoms with van der Waals surface area (Å²) in [7, 11) is 0. The van der Waals surface area contributed by atoms with Gasteiger partial charge in [0.05, 0.1) is 5.39 Å². The lowest BCUT2D eigenvalue weighted by Gasteiger charge is -2.12. The third-order valence-electron chi connectivity index (χ3n) is 9.27. The topological polar surface area (TPSA) is 30.2 Å². The molecule has 0 aliphatic rings. The van der Waals surface area contributed by atoms with Gasteiger partial charge in [0.2, 0.25) is 0 Å². The maximum Gasteiger partial charge on any atom is 0.344 e. The maximum absolute atomic E-state index is 13.5. The van der Waals surface area contributed by atoms with Crippen molar-refractivity contribution in [3.05, 3.63) is 180 Å². The lowest BCUT2D eigenvalue weighted by atomic mass is 9.92. The first kappa shape index (κ1) is 27.1. The quantitative estimate of drug-likeness (QED) is 0.149. The van der Waals surface area contributed by atoms with Gasteiger partial charge >= 0.3 is 5.63 Å². The molecular formula is C45H28O2. The summed E-state index contributed by atoms with van der Waals surface area (Å²) in [6, 6.07) is 59.1. The first-order valence-electron chi connectivity index (χ1n) is 15.9. The van der Waals surface area contributed by atoms with Crippen molar-refractivity contribution in [1.29, 1.82) is 0 Å². The summed E-state index contributed by atoms with van der Waals surface area (Å²) in [4.78, 5) is 13.5. The molecule has 0 unspecified atom stereocenters. The van der Waals surface area contributed by atoms with E-state index in [9.17, 15) is 4.79 Å². The molecule has 0 amide bonds. The lowest BCUT2D eigenvalue weighted by Crippen LogP contribution is -2.00. The van der Waals surface area contributed by atoms with Crippen LogP contribution in [-0.2, 0) is 0 Å². The van der Waals surface area contributed by atoms with E-state index in [1.54, 1.807) is 0 Å². The number of fused-ring (bicyclic) bond motifs is 6. The Balaban J connectivity index is 1.16. The molecule has 0 saturated carbocycles. The summed E-state index contributed by atoms with van der Waals surface area (Å²) in [5.74, 6) is 0. The Morgan fingerprint density at radius 2 is 0.787 bits per heavy atom. The van der Waals surface area contributed by atoms with Gasteiger partial charge in [-0.2, -0.15) is 0 Å². The normalized spacial score (nSPS) is 11.5. The van der Waals surface area contributed by atoms with Crippen LogP contribution in [0.25, 0.3) is 87.8 Å². The first-order valence-corrected chi connectivity index (χ1v) is 15.9. The molecule has 47 heavy (non-hydrogen) atoms. The van der Waals surface area contributed by atoms with E-state index in [-0.39, 0.29) is 5.63 Å². The molecule has 2 nitrogen and oxygen atoms in total. The number of hydrogen-bond donors (Lipinski definition) is 0. The van der Waals surface area contributed by atoms with Gasteiger partial charge in [-0.3, -0.25) is 0 Å². The van der Waals surface area contributed by atoms with Crippen LogP contribution in [0.4, 0.5) is 0 Å². The van der Waals surface area contributed by atoms with Gasteiger partial charge in [-0.1, -0.05) is 127 Å². The van der Waals surface area contributed by atoms with Crippen LogP contribution in [0.1, 0.15) is 0 Å². The fraction of sp³-hybridized carbons (Fsp3) is 0. The molecule has 0 bridgehead atoms. The van der Waals surface area contributed by atoms with Crippen LogP contribution in [0.2, 0.25) is 0 Å². The lowest BCUT2D eigenvalue weighted by molar-refractivity contribution is 0.570. The van der Waals surface area contributed by atoms with Crippen LogP contribution in [0.5, 0.6) is 0 Å². The van der Waals surface area contributed by atoms with Crippen LogP contribution in [0.3, 0.4) is 0 Å². The Hall–Kier alpha value is -6.25. The summed E-state index contributed by atoms with van der Waals surface area (Å²) < 4.78 is 6.03. The third kappa shape index (κ3) is 4.79. The van der Waals surface area contributed by atoms with E-state index < -0.39 is 0 Å². The Morgan fingerprint density at radius 3 is 1.47 bits per heavy atom. The Bertz CT molecular complexity index is 2630. The second-order valence-corrected chi connectivity index (χ2v) is 12.1. The fourth-order valence-electron chi connectivity index (χ4n) is 6.86. The number of hydrogen-bond acceptors (Lipinski definition) is 2. The van der Waals surface area contributed by atoms with Gasteiger partial charge in [-0.15, -0.1) is 0 Å². The fourth-order valence-corrected chi connectivity index (χ4v) is 6.86. The van der Waals surface area contributed by atoms with Crippen molar-refractivity contribution in [2.45, 2.75) is 0 Å². The van der Waals surface area contributed by atoms with E-state index in [0.29, 0.717) is 11.0 Å². The highest BCUT2D eigenvalue weighted by atomic mass is 16.4. The van der Waals surface area contributed by atoms with Gasteiger partial charge in [-0.25, -0.2) is 4.79 Å². The zero-order chi connectivity index (χ0) is 31.3. The van der Waals surface area contributed by atoms with Crippen molar-refractivity contribution >= 4 is 43.3 Å². The minimum absolute atomic E-state index is 0.333. The van der Waals surface area contributed by atoms with Gasteiger partial charge in [0, 0.05) is 5.39 Å². The van der Waals surface area contributed by atoms with Crippen molar-refractivity contribution in [2.75, 3.05) is 0 Å². The highest BCUT2D eigenvalue weighted by Gasteiger charge is 2.13. The van der Waals surface area contributed by atoms with Crippen molar-refractivity contribution in [2.24, 2.45) is 0 Å². The van der Waals surface area contributed by atoms with Gasteiger partial charge in [0.25, 0.3) is 0 Å². The smallest absolute Gasteiger partial charge is 0.344 e. The molecule has 0 spiro atoms. The molecule has 0 saturated heterocycles. The van der Waals surface area contributed by atoms with E-state index in [1.165, 1.54) is 21.5 Å². The third-order valence-corrected chi connectivity index (χ3v) is 9.27. The molecule has 2 heteroatoms. The Morgan fingerprint density at radius 1 is 0.298 bits per heavy atom. The predicted octanol–water partition coefficient (Wildman–Crippen LogP) is 11.9. The molecule has 0 radical (unpaired) electrons. The number of rotatable bonds is 4. The second kappa shape index (κ2) is 11.0. The molecule has 1 heterocycles. The molecule has 8 aromatic carbocycles. The van der Waals surface area contributed by atoms with Crippen LogP contribution in [0, 0.1) is 0 Å². The SMILES string of the molecule is O=c1oc2cc(-c3cc(-c4ccccc4)cc(-c4ccccc4)c3)ccc2c2ccc(-c3ccc4ccc5ccccc5c4c3)cc12.